The fraction of sp³-hybridized carbons (Fsp3) is 0.565. The number of carbonyl (C=O) groups is 1. The van der Waals surface area contributed by atoms with Gasteiger partial charge in [-0.3, -0.25) is 14.2 Å². The van der Waals surface area contributed by atoms with Crippen LogP contribution in [0.25, 0.3) is 0 Å². The van der Waals surface area contributed by atoms with Crippen molar-refractivity contribution >= 4 is 23.2 Å². The molecule has 184 valence electrons. The van der Waals surface area contributed by atoms with Gasteiger partial charge in [0.25, 0.3) is 5.91 Å². The summed E-state index contributed by atoms with van der Waals surface area (Å²) < 4.78 is 48.3. The van der Waals surface area contributed by atoms with Gasteiger partial charge in [-0.05, 0) is 61.8 Å². The second-order valence-electron chi connectivity index (χ2n) is 9.39. The smallest absolute Gasteiger partial charge is 0.484 e. The molecule has 2 aliphatic carbocycles. The van der Waals surface area contributed by atoms with Crippen LogP contribution in [0.1, 0.15) is 31.7 Å². The summed E-state index contributed by atoms with van der Waals surface area (Å²) >= 11 is 5.85. The van der Waals surface area contributed by atoms with Crippen LogP contribution in [-0.2, 0) is 9.53 Å². The molecular formula is C23H26ClF3N4O3. The first-order chi connectivity index (χ1) is 16.2. The number of hydrogen-bond donors (Lipinski definition) is 1. The maximum absolute atomic E-state index is 12.3. The SMILES string of the molecule is O=C(COc1ccc(Cl)cc1)N[C@@H]1C[C@@H]2CN(c3cnn([C@H]4C[C@@H](OC(F)(F)F)C4)c3)C[C@@H]2C1. The lowest BCUT2D eigenvalue weighted by Gasteiger charge is -2.35. The number of alkyl halides is 3. The third kappa shape index (κ3) is 5.43. The summed E-state index contributed by atoms with van der Waals surface area (Å²) in [6.45, 7) is 1.73. The topological polar surface area (TPSA) is 68.6 Å². The third-order valence-corrected chi connectivity index (χ3v) is 7.25. The molecule has 1 aromatic carbocycles. The lowest BCUT2D eigenvalue weighted by atomic mass is 9.89. The van der Waals surface area contributed by atoms with Crippen LogP contribution in [0.15, 0.2) is 36.7 Å². The molecule has 1 aliphatic heterocycles. The summed E-state index contributed by atoms with van der Waals surface area (Å²) in [7, 11) is 0. The predicted octanol–water partition coefficient (Wildman–Crippen LogP) is 4.19. The Morgan fingerprint density at radius 1 is 1.12 bits per heavy atom. The number of fused-ring (bicyclic) bond motifs is 1. The van der Waals surface area contributed by atoms with Crippen LogP contribution >= 0.6 is 11.6 Å². The highest BCUT2D eigenvalue weighted by Crippen LogP contribution is 2.41. The van der Waals surface area contributed by atoms with Crippen molar-refractivity contribution in [1.29, 1.82) is 0 Å². The molecule has 1 amide bonds. The fourth-order valence-electron chi connectivity index (χ4n) is 5.31. The average Bonchev–Trinajstić information content (AvgIpc) is 3.44. The van der Waals surface area contributed by atoms with Crippen LogP contribution in [0.4, 0.5) is 18.9 Å². The van der Waals surface area contributed by atoms with Crippen molar-refractivity contribution in [3.63, 3.8) is 0 Å². The maximum atomic E-state index is 12.3. The number of halogens is 4. The van der Waals surface area contributed by atoms with Crippen LogP contribution in [0.5, 0.6) is 5.75 Å². The van der Waals surface area contributed by atoms with Gasteiger partial charge in [0.05, 0.1) is 24.0 Å². The lowest BCUT2D eigenvalue weighted by molar-refractivity contribution is -0.353. The molecule has 34 heavy (non-hydrogen) atoms. The molecule has 0 spiro atoms. The minimum atomic E-state index is -4.58. The van der Waals surface area contributed by atoms with E-state index in [4.69, 9.17) is 16.3 Å². The van der Waals surface area contributed by atoms with E-state index in [1.165, 1.54) is 0 Å². The Labute approximate surface area is 200 Å². The van der Waals surface area contributed by atoms with Gasteiger partial charge in [-0.25, -0.2) is 0 Å². The number of rotatable bonds is 7. The Kier molecular flexibility index (Phi) is 6.37. The van der Waals surface area contributed by atoms with Crippen molar-refractivity contribution < 1.29 is 27.4 Å². The molecule has 3 fully saturated rings. The number of nitrogens with zero attached hydrogens (tertiary/aromatic N) is 3. The van der Waals surface area contributed by atoms with E-state index >= 15 is 0 Å². The number of carbonyl (C=O) groups excluding carboxylic acids is 1. The molecule has 0 unspecified atom stereocenters. The van der Waals surface area contributed by atoms with Crippen LogP contribution in [0, 0.1) is 11.8 Å². The van der Waals surface area contributed by atoms with Gasteiger partial charge >= 0.3 is 6.36 Å². The Morgan fingerprint density at radius 2 is 1.79 bits per heavy atom. The Balaban J connectivity index is 1.05. The van der Waals surface area contributed by atoms with Gasteiger partial charge in [0.1, 0.15) is 5.75 Å². The highest BCUT2D eigenvalue weighted by molar-refractivity contribution is 6.30. The van der Waals surface area contributed by atoms with E-state index in [0.717, 1.165) is 31.6 Å². The maximum Gasteiger partial charge on any atom is 0.522 e. The summed E-state index contributed by atoms with van der Waals surface area (Å²) in [5.74, 6) is 1.44. The number of nitrogens with one attached hydrogen (secondary N) is 1. The van der Waals surface area contributed by atoms with Crippen LogP contribution < -0.4 is 15.0 Å². The number of hydrogen-bond acceptors (Lipinski definition) is 5. The van der Waals surface area contributed by atoms with Crippen LogP contribution in [-0.4, -0.2) is 53.9 Å². The molecule has 1 aromatic heterocycles. The summed E-state index contributed by atoms with van der Waals surface area (Å²) in [4.78, 5) is 14.6. The van der Waals surface area contributed by atoms with E-state index in [1.54, 1.807) is 35.1 Å². The van der Waals surface area contributed by atoms with Gasteiger partial charge in [0.15, 0.2) is 6.61 Å². The van der Waals surface area contributed by atoms with Crippen LogP contribution in [0.3, 0.4) is 0 Å². The highest BCUT2D eigenvalue weighted by atomic mass is 35.5. The molecule has 3 atom stereocenters. The molecule has 0 radical (unpaired) electrons. The third-order valence-electron chi connectivity index (χ3n) is 7.00. The summed E-state index contributed by atoms with van der Waals surface area (Å²) in [6, 6.07) is 6.97. The first-order valence-corrected chi connectivity index (χ1v) is 11.8. The molecule has 2 aromatic rings. The van der Waals surface area contributed by atoms with Crippen molar-refractivity contribution in [2.24, 2.45) is 11.8 Å². The Bertz CT molecular complexity index is 996. The number of benzene rings is 1. The quantitative estimate of drug-likeness (QED) is 0.620. The van der Waals surface area contributed by atoms with Gasteiger partial charge in [-0.15, -0.1) is 13.2 Å². The van der Waals surface area contributed by atoms with E-state index in [9.17, 15) is 18.0 Å². The second-order valence-corrected chi connectivity index (χ2v) is 9.83. The standard InChI is InChI=1S/C23H26ClF3N4O3/c24-16-1-3-20(4-2-16)33-13-22(32)29-17-5-14-10-30(11-15(14)6-17)19-9-28-31(12-19)18-7-21(8-18)34-23(25,26)27/h1-4,9,12,14-15,17-18,21H,5-8,10-11,13H2,(H,29,32)/t14-,15+,17-,18-,21+. The second kappa shape index (κ2) is 9.30. The van der Waals surface area contributed by atoms with Crippen molar-refractivity contribution in [3.05, 3.63) is 41.7 Å². The zero-order chi connectivity index (χ0) is 23.9. The van der Waals surface area contributed by atoms with Crippen molar-refractivity contribution in [2.75, 3.05) is 24.6 Å². The number of ether oxygens (including phenoxy) is 2. The van der Waals surface area contributed by atoms with E-state index in [2.05, 4.69) is 20.1 Å². The molecular weight excluding hydrogens is 473 g/mol. The monoisotopic (exact) mass is 498 g/mol. The molecule has 1 saturated heterocycles. The molecule has 1 N–H and O–H groups in total. The van der Waals surface area contributed by atoms with E-state index in [0.29, 0.717) is 35.4 Å². The molecule has 7 nitrogen and oxygen atoms in total. The van der Waals surface area contributed by atoms with Gasteiger partial charge in [-0.1, -0.05) is 11.6 Å². The Hall–Kier alpha value is -2.46. The van der Waals surface area contributed by atoms with Gasteiger partial charge in [0, 0.05) is 30.4 Å². The van der Waals surface area contributed by atoms with Gasteiger partial charge in [-0.2, -0.15) is 5.10 Å². The first kappa shape index (κ1) is 23.3. The molecule has 3 aliphatic rings. The number of anilines is 1. The molecule has 0 bridgehead atoms. The first-order valence-electron chi connectivity index (χ1n) is 11.4. The summed E-state index contributed by atoms with van der Waals surface area (Å²) in [5.41, 5.74) is 0.992. The highest BCUT2D eigenvalue weighted by Gasteiger charge is 2.43. The molecule has 5 rings (SSSR count). The fourth-order valence-corrected chi connectivity index (χ4v) is 5.43. The average molecular weight is 499 g/mol. The normalized spacial score (nSPS) is 28.5. The zero-order valence-electron chi connectivity index (χ0n) is 18.4. The van der Waals surface area contributed by atoms with Crippen molar-refractivity contribution in [2.45, 2.75) is 50.2 Å². The van der Waals surface area contributed by atoms with Crippen molar-refractivity contribution in [3.8, 4) is 5.75 Å². The molecule has 2 saturated carbocycles. The zero-order valence-corrected chi connectivity index (χ0v) is 19.1. The lowest BCUT2D eigenvalue weighted by Crippen LogP contribution is -2.37. The van der Waals surface area contributed by atoms with Gasteiger partial charge in [0.2, 0.25) is 0 Å². The molecule has 11 heteroatoms. The minimum Gasteiger partial charge on any atom is -0.484 e. The minimum absolute atomic E-state index is 0.0329. The summed E-state index contributed by atoms with van der Waals surface area (Å²) in [5, 5.41) is 8.07. The molecule has 2 heterocycles. The number of aromatic nitrogens is 2. The van der Waals surface area contributed by atoms with E-state index in [-0.39, 0.29) is 24.6 Å². The van der Waals surface area contributed by atoms with E-state index in [1.807, 2.05) is 6.20 Å². The van der Waals surface area contributed by atoms with E-state index < -0.39 is 12.5 Å². The predicted molar refractivity (Wildman–Crippen MR) is 119 cm³/mol. The summed E-state index contributed by atoms with van der Waals surface area (Å²) in [6.07, 6.45) is 0.799. The number of amides is 1. The Morgan fingerprint density at radius 3 is 2.44 bits per heavy atom. The van der Waals surface area contributed by atoms with Crippen LogP contribution in [0.2, 0.25) is 5.02 Å². The largest absolute Gasteiger partial charge is 0.522 e. The van der Waals surface area contributed by atoms with Gasteiger partial charge < -0.3 is 15.0 Å². The van der Waals surface area contributed by atoms with Crippen molar-refractivity contribution in [1.82, 2.24) is 15.1 Å².